The molecule has 3 rings (SSSR count). The number of fused-ring (bicyclic) bond motifs is 1. The smallest absolute Gasteiger partial charge is 0.150 e. The van der Waals surface area contributed by atoms with Gasteiger partial charge in [0, 0.05) is 44.5 Å². The molecular weight excluding hydrogens is 396 g/mol. The third-order valence-electron chi connectivity index (χ3n) is 6.24. The van der Waals surface area contributed by atoms with Gasteiger partial charge >= 0.3 is 0 Å². The van der Waals surface area contributed by atoms with E-state index in [9.17, 15) is 0 Å². The summed E-state index contributed by atoms with van der Waals surface area (Å²) in [5, 5.41) is 21.3. The highest BCUT2D eigenvalue weighted by molar-refractivity contribution is 6.76. The van der Waals surface area contributed by atoms with E-state index in [1.807, 2.05) is 0 Å². The van der Waals surface area contributed by atoms with Gasteiger partial charge in [0.25, 0.3) is 0 Å². The van der Waals surface area contributed by atoms with Crippen LogP contribution in [0.15, 0.2) is 11.3 Å². The van der Waals surface area contributed by atoms with Crippen molar-refractivity contribution >= 4 is 19.7 Å². The zero-order valence-electron chi connectivity index (χ0n) is 18.6. The largest absolute Gasteiger partial charge is 0.361 e. The summed E-state index contributed by atoms with van der Waals surface area (Å²) in [6.45, 7) is 11.2. The van der Waals surface area contributed by atoms with Crippen molar-refractivity contribution in [1.82, 2.24) is 9.55 Å². The van der Waals surface area contributed by atoms with Gasteiger partial charge in [0.2, 0.25) is 0 Å². The number of ether oxygens (including phenoxy) is 1. The van der Waals surface area contributed by atoms with Gasteiger partial charge in [0.15, 0.2) is 5.82 Å². The van der Waals surface area contributed by atoms with E-state index >= 15 is 0 Å². The average Bonchev–Trinajstić information content (AvgIpc) is 3.28. The van der Waals surface area contributed by atoms with Crippen LogP contribution in [0.5, 0.6) is 0 Å². The second-order valence-corrected chi connectivity index (χ2v) is 15.2. The van der Waals surface area contributed by atoms with Gasteiger partial charge < -0.3 is 9.64 Å². The quantitative estimate of drug-likeness (QED) is 0.123. The third-order valence-corrected chi connectivity index (χ3v) is 7.95. The molecular formula is C20H34N8OSi. The van der Waals surface area contributed by atoms with E-state index in [1.54, 1.807) is 4.57 Å². The fourth-order valence-electron chi connectivity index (χ4n) is 4.50. The molecule has 10 heteroatoms. The van der Waals surface area contributed by atoms with Crippen LogP contribution >= 0.6 is 0 Å². The maximum atomic E-state index is 8.93. The normalized spacial score (nSPS) is 23.3. The van der Waals surface area contributed by atoms with Crippen LogP contribution in [-0.2, 0) is 11.2 Å². The number of nitrogens with one attached hydrogen (secondary N) is 2. The fourth-order valence-corrected chi connectivity index (χ4v) is 5.26. The summed E-state index contributed by atoms with van der Waals surface area (Å²) in [4.78, 5) is 9.58. The Morgan fingerprint density at radius 1 is 1.40 bits per heavy atom. The molecule has 2 aliphatic rings. The first-order chi connectivity index (χ1) is 14.2. The molecule has 9 nitrogen and oxygen atoms in total. The second-order valence-electron chi connectivity index (χ2n) is 9.60. The van der Waals surface area contributed by atoms with Gasteiger partial charge in [-0.05, 0) is 30.3 Å². The molecule has 1 aliphatic heterocycles. The van der Waals surface area contributed by atoms with Crippen LogP contribution in [0.2, 0.25) is 25.7 Å². The Labute approximate surface area is 179 Å². The Morgan fingerprint density at radius 3 is 2.83 bits per heavy atom. The summed E-state index contributed by atoms with van der Waals surface area (Å²) < 4.78 is 7.68. The van der Waals surface area contributed by atoms with E-state index in [0.29, 0.717) is 24.9 Å². The van der Waals surface area contributed by atoms with E-state index in [4.69, 9.17) is 21.1 Å². The molecule has 3 unspecified atom stereocenters. The SMILES string of the molecule is CCC1CC(N=[N+]=[N-])CC1C(=N)n1c2c(ncc1=N)N(COCC[Si](C)(C)C)CC2. The second kappa shape index (κ2) is 9.32. The van der Waals surface area contributed by atoms with Crippen molar-refractivity contribution in [2.45, 2.75) is 64.3 Å². The summed E-state index contributed by atoms with van der Waals surface area (Å²) >= 11 is 0. The van der Waals surface area contributed by atoms with Gasteiger partial charge in [-0.2, -0.15) is 0 Å². The van der Waals surface area contributed by atoms with Gasteiger partial charge in [0.05, 0.1) is 11.9 Å². The van der Waals surface area contributed by atoms with Crippen molar-refractivity contribution in [3.63, 3.8) is 0 Å². The van der Waals surface area contributed by atoms with E-state index in [-0.39, 0.29) is 17.4 Å². The molecule has 30 heavy (non-hydrogen) atoms. The molecule has 1 saturated carbocycles. The Bertz CT molecular complexity index is 886. The summed E-state index contributed by atoms with van der Waals surface area (Å²) in [6, 6.07) is 1.07. The van der Waals surface area contributed by atoms with Crippen molar-refractivity contribution in [2.24, 2.45) is 17.0 Å². The predicted octanol–water partition coefficient (Wildman–Crippen LogP) is 3.98. The molecule has 0 amide bonds. The lowest BCUT2D eigenvalue weighted by Crippen LogP contribution is -2.36. The van der Waals surface area contributed by atoms with Gasteiger partial charge in [-0.25, -0.2) is 4.98 Å². The first-order valence-electron chi connectivity index (χ1n) is 10.9. The maximum Gasteiger partial charge on any atom is 0.150 e. The number of nitrogens with zero attached hydrogens (tertiary/aromatic N) is 6. The van der Waals surface area contributed by atoms with Crippen LogP contribution in [-0.4, -0.2) is 49.4 Å². The Kier molecular flexibility index (Phi) is 7.00. The lowest BCUT2D eigenvalue weighted by atomic mass is 9.92. The van der Waals surface area contributed by atoms with Crippen LogP contribution in [0.4, 0.5) is 5.82 Å². The van der Waals surface area contributed by atoms with Crippen LogP contribution in [0.3, 0.4) is 0 Å². The molecule has 2 N–H and O–H groups in total. The van der Waals surface area contributed by atoms with Crippen LogP contribution in [0, 0.1) is 22.7 Å². The monoisotopic (exact) mass is 430 g/mol. The topological polar surface area (TPSA) is 127 Å². The first kappa shape index (κ1) is 22.5. The fraction of sp³-hybridized carbons (Fsp3) is 0.750. The molecule has 1 fully saturated rings. The molecule has 0 saturated heterocycles. The van der Waals surface area contributed by atoms with Crippen molar-refractivity contribution in [3.05, 3.63) is 27.8 Å². The standard InChI is InChI=1S/C20H34N8OSi/c1-5-14-10-15(25-26-23)11-16(14)19(22)28-17-6-7-27(20(17)24-12-18(28)21)13-29-8-9-30(2,3)4/h12,14-16,21-22H,5-11,13H2,1-4H3. The van der Waals surface area contributed by atoms with Gasteiger partial charge in [-0.15, -0.1) is 0 Å². The number of rotatable bonds is 8. The summed E-state index contributed by atoms with van der Waals surface area (Å²) in [5.74, 6) is 1.54. The van der Waals surface area contributed by atoms with Crippen LogP contribution in [0.1, 0.15) is 31.9 Å². The highest BCUT2D eigenvalue weighted by Gasteiger charge is 2.37. The minimum Gasteiger partial charge on any atom is -0.361 e. The number of hydrogen-bond donors (Lipinski definition) is 2. The zero-order valence-corrected chi connectivity index (χ0v) is 19.6. The number of anilines is 1. The average molecular weight is 431 g/mol. The van der Waals surface area contributed by atoms with Crippen LogP contribution < -0.4 is 10.4 Å². The molecule has 0 bridgehead atoms. The lowest BCUT2D eigenvalue weighted by molar-refractivity contribution is 0.147. The van der Waals surface area contributed by atoms with Crippen molar-refractivity contribution in [3.8, 4) is 0 Å². The van der Waals surface area contributed by atoms with Crippen LogP contribution in [0.25, 0.3) is 10.4 Å². The summed E-state index contributed by atoms with van der Waals surface area (Å²) in [6.07, 6.45) is 4.70. The van der Waals surface area contributed by atoms with Gasteiger partial charge in [0.1, 0.15) is 18.1 Å². The third kappa shape index (κ3) is 4.93. The van der Waals surface area contributed by atoms with E-state index in [0.717, 1.165) is 50.0 Å². The molecule has 0 radical (unpaired) electrons. The summed E-state index contributed by atoms with van der Waals surface area (Å²) in [7, 11) is -1.12. The van der Waals surface area contributed by atoms with Gasteiger partial charge in [-0.1, -0.05) is 38.1 Å². The molecule has 0 aromatic carbocycles. The maximum absolute atomic E-state index is 8.93. The Morgan fingerprint density at radius 2 is 2.17 bits per heavy atom. The summed E-state index contributed by atoms with van der Waals surface area (Å²) in [5.41, 5.74) is 9.96. The highest BCUT2D eigenvalue weighted by atomic mass is 28.3. The van der Waals surface area contributed by atoms with Gasteiger partial charge in [-0.3, -0.25) is 15.4 Å². The Hall–Kier alpha value is -2.16. The minimum atomic E-state index is -1.12. The molecule has 1 aromatic rings. The van der Waals surface area contributed by atoms with Crippen molar-refractivity contribution < 1.29 is 4.74 Å². The predicted molar refractivity (Wildman–Crippen MR) is 121 cm³/mol. The first-order valence-corrected chi connectivity index (χ1v) is 14.6. The lowest BCUT2D eigenvalue weighted by Gasteiger charge is -2.24. The molecule has 0 spiro atoms. The number of hydrogen-bond acceptors (Lipinski definition) is 6. The van der Waals surface area contributed by atoms with Crippen molar-refractivity contribution in [2.75, 3.05) is 24.8 Å². The molecule has 1 aliphatic carbocycles. The zero-order chi connectivity index (χ0) is 21.9. The molecule has 164 valence electrons. The minimum absolute atomic E-state index is 0.00635. The van der Waals surface area contributed by atoms with Crippen molar-refractivity contribution in [1.29, 1.82) is 10.8 Å². The molecule has 3 atom stereocenters. The molecule has 1 aromatic heterocycles. The van der Waals surface area contributed by atoms with E-state index < -0.39 is 8.07 Å². The van der Waals surface area contributed by atoms with E-state index in [1.165, 1.54) is 6.20 Å². The van der Waals surface area contributed by atoms with E-state index in [2.05, 4.69) is 46.5 Å². The number of aromatic nitrogens is 2. The highest BCUT2D eigenvalue weighted by Crippen LogP contribution is 2.37. The molecule has 2 heterocycles. The number of azide groups is 1. The Balaban J connectivity index is 1.77.